The summed E-state index contributed by atoms with van der Waals surface area (Å²) in [5.41, 5.74) is 1.16. The van der Waals surface area contributed by atoms with E-state index in [1.807, 2.05) is 0 Å². The van der Waals surface area contributed by atoms with E-state index in [4.69, 9.17) is 4.74 Å². The van der Waals surface area contributed by atoms with E-state index in [0.717, 1.165) is 31.9 Å². The largest absolute Gasteiger partial charge is 0.383 e. The summed E-state index contributed by atoms with van der Waals surface area (Å²) >= 11 is 1.76. The van der Waals surface area contributed by atoms with E-state index >= 15 is 0 Å². The number of thioether (sulfide) groups is 1. The van der Waals surface area contributed by atoms with Gasteiger partial charge in [0.25, 0.3) is 0 Å². The molecule has 16 heavy (non-hydrogen) atoms. The van der Waals surface area contributed by atoms with Crippen LogP contribution < -0.4 is 5.32 Å². The highest BCUT2D eigenvalue weighted by Gasteiger charge is 1.93. The Hall–Kier alpha value is -0.670. The minimum Gasteiger partial charge on any atom is -0.383 e. The summed E-state index contributed by atoms with van der Waals surface area (Å²) in [5.74, 6) is 0. The topological polar surface area (TPSA) is 21.3 Å². The van der Waals surface area contributed by atoms with Crippen molar-refractivity contribution < 1.29 is 4.74 Å². The van der Waals surface area contributed by atoms with Crippen LogP contribution in [0.2, 0.25) is 0 Å². The number of ether oxygens (including phenoxy) is 1. The van der Waals surface area contributed by atoms with Gasteiger partial charge in [0.15, 0.2) is 0 Å². The number of unbranched alkanes of at least 4 members (excludes halogenated alkanes) is 1. The van der Waals surface area contributed by atoms with Crippen LogP contribution >= 0.6 is 11.8 Å². The highest BCUT2D eigenvalue weighted by Crippen LogP contribution is 2.17. The Morgan fingerprint density at radius 3 is 2.56 bits per heavy atom. The molecule has 2 nitrogen and oxygen atoms in total. The van der Waals surface area contributed by atoms with E-state index in [1.165, 1.54) is 11.3 Å². The number of hydrogen-bond acceptors (Lipinski definition) is 3. The molecule has 1 rings (SSSR count). The molecule has 3 heteroatoms. The van der Waals surface area contributed by atoms with Crippen molar-refractivity contribution in [1.29, 1.82) is 0 Å². The highest BCUT2D eigenvalue weighted by atomic mass is 32.2. The summed E-state index contributed by atoms with van der Waals surface area (Å²) in [4.78, 5) is 1.30. The van der Waals surface area contributed by atoms with Gasteiger partial charge in [-0.2, -0.15) is 0 Å². The van der Waals surface area contributed by atoms with E-state index in [2.05, 4.69) is 42.8 Å². The normalized spacial score (nSPS) is 10.4. The fourth-order valence-corrected chi connectivity index (χ4v) is 1.73. The van der Waals surface area contributed by atoms with Crippen LogP contribution in [-0.4, -0.2) is 26.0 Å². The molecule has 0 heterocycles. The van der Waals surface area contributed by atoms with E-state index in [0.29, 0.717) is 0 Å². The molecule has 1 N–H and O–H groups in total. The number of benzene rings is 1. The first-order valence-corrected chi connectivity index (χ1v) is 7.05. The summed E-state index contributed by atoms with van der Waals surface area (Å²) in [6, 6.07) is 8.48. The lowest BCUT2D eigenvalue weighted by atomic mass is 10.3. The lowest BCUT2D eigenvalue weighted by Crippen LogP contribution is -2.09. The predicted octanol–water partition coefficient (Wildman–Crippen LogP) is 3.64. The van der Waals surface area contributed by atoms with Gasteiger partial charge in [-0.15, -0.1) is 11.8 Å². The Kier molecular flexibility index (Phi) is 7.10. The Morgan fingerprint density at radius 1 is 1.19 bits per heavy atom. The molecule has 0 amide bonds. The molecule has 0 atom stereocenters. The third kappa shape index (κ3) is 5.42. The highest BCUT2D eigenvalue weighted by molar-refractivity contribution is 7.98. The first-order valence-electron chi connectivity index (χ1n) is 5.82. The quantitative estimate of drug-likeness (QED) is 0.553. The summed E-state index contributed by atoms with van der Waals surface area (Å²) in [7, 11) is 0. The minimum atomic E-state index is 0.782. The van der Waals surface area contributed by atoms with Gasteiger partial charge in [0, 0.05) is 23.7 Å². The van der Waals surface area contributed by atoms with Crippen molar-refractivity contribution >= 4 is 17.4 Å². The van der Waals surface area contributed by atoms with Crippen LogP contribution in [0.4, 0.5) is 5.69 Å². The first kappa shape index (κ1) is 13.4. The molecule has 0 aliphatic rings. The van der Waals surface area contributed by atoms with Crippen molar-refractivity contribution in [1.82, 2.24) is 0 Å². The lowest BCUT2D eigenvalue weighted by Gasteiger charge is -2.07. The van der Waals surface area contributed by atoms with Gasteiger partial charge in [-0.3, -0.25) is 0 Å². The van der Waals surface area contributed by atoms with Gasteiger partial charge < -0.3 is 10.1 Å². The third-order valence-electron chi connectivity index (χ3n) is 2.31. The molecule has 0 aliphatic carbocycles. The number of hydrogen-bond donors (Lipinski definition) is 1. The van der Waals surface area contributed by atoms with Gasteiger partial charge in [-0.25, -0.2) is 0 Å². The molecule has 0 spiro atoms. The molecule has 0 aromatic heterocycles. The smallest absolute Gasteiger partial charge is 0.0639 e. The Labute approximate surface area is 103 Å². The fraction of sp³-hybridized carbons (Fsp3) is 0.538. The Morgan fingerprint density at radius 2 is 1.94 bits per heavy atom. The molecule has 1 aromatic rings. The predicted molar refractivity (Wildman–Crippen MR) is 72.4 cm³/mol. The Bertz CT molecular complexity index is 274. The molecule has 0 aliphatic heterocycles. The summed E-state index contributed by atoms with van der Waals surface area (Å²) in [6.07, 6.45) is 4.44. The lowest BCUT2D eigenvalue weighted by molar-refractivity contribution is 0.141. The maximum absolute atomic E-state index is 5.47. The molecule has 0 saturated heterocycles. The van der Waals surface area contributed by atoms with Crippen molar-refractivity contribution in [2.45, 2.75) is 24.7 Å². The zero-order valence-corrected chi connectivity index (χ0v) is 11.0. The van der Waals surface area contributed by atoms with Gasteiger partial charge in [0.2, 0.25) is 0 Å². The first-order chi connectivity index (χ1) is 7.86. The average Bonchev–Trinajstić information content (AvgIpc) is 2.34. The second-order valence-electron chi connectivity index (χ2n) is 3.62. The molecule has 1 aromatic carbocycles. The average molecular weight is 239 g/mol. The van der Waals surface area contributed by atoms with Crippen LogP contribution in [0.3, 0.4) is 0 Å². The molecule has 0 fully saturated rings. The molecular weight excluding hydrogens is 218 g/mol. The van der Waals surface area contributed by atoms with Crippen molar-refractivity contribution in [2.24, 2.45) is 0 Å². The van der Waals surface area contributed by atoms with Crippen molar-refractivity contribution in [3.63, 3.8) is 0 Å². The van der Waals surface area contributed by atoms with E-state index in [-0.39, 0.29) is 0 Å². The third-order valence-corrected chi connectivity index (χ3v) is 3.05. The number of rotatable bonds is 8. The standard InChI is InChI=1S/C13H21NOS/c1-3-4-10-15-11-9-14-12-5-7-13(16-2)8-6-12/h5-8,14H,3-4,9-11H2,1-2H3. The molecule has 0 saturated carbocycles. The van der Waals surface area contributed by atoms with Gasteiger partial charge in [-0.05, 0) is 36.9 Å². The molecule has 90 valence electrons. The van der Waals surface area contributed by atoms with Gasteiger partial charge in [-0.1, -0.05) is 13.3 Å². The van der Waals surface area contributed by atoms with Crippen LogP contribution in [0.25, 0.3) is 0 Å². The van der Waals surface area contributed by atoms with Gasteiger partial charge in [0.1, 0.15) is 0 Å². The SMILES string of the molecule is CCCCOCCNc1ccc(SC)cc1. The van der Waals surface area contributed by atoms with Crippen molar-refractivity contribution in [3.8, 4) is 0 Å². The number of anilines is 1. The summed E-state index contributed by atoms with van der Waals surface area (Å²) in [6.45, 7) is 4.71. The van der Waals surface area contributed by atoms with Crippen LogP contribution in [-0.2, 0) is 4.74 Å². The van der Waals surface area contributed by atoms with Crippen LogP contribution in [0.1, 0.15) is 19.8 Å². The maximum atomic E-state index is 5.47. The van der Waals surface area contributed by atoms with Crippen molar-refractivity contribution in [2.75, 3.05) is 31.3 Å². The van der Waals surface area contributed by atoms with Crippen LogP contribution in [0.5, 0.6) is 0 Å². The molecule has 0 unspecified atom stereocenters. The minimum absolute atomic E-state index is 0.782. The van der Waals surface area contributed by atoms with Gasteiger partial charge >= 0.3 is 0 Å². The molecule has 0 radical (unpaired) electrons. The zero-order valence-electron chi connectivity index (χ0n) is 10.2. The second-order valence-corrected chi connectivity index (χ2v) is 4.50. The van der Waals surface area contributed by atoms with Crippen LogP contribution in [0.15, 0.2) is 29.2 Å². The summed E-state index contributed by atoms with van der Waals surface area (Å²) in [5, 5.41) is 3.34. The molecular formula is C13H21NOS. The number of nitrogens with one attached hydrogen (secondary N) is 1. The maximum Gasteiger partial charge on any atom is 0.0639 e. The van der Waals surface area contributed by atoms with Crippen LogP contribution in [0, 0.1) is 0 Å². The second kappa shape index (κ2) is 8.48. The van der Waals surface area contributed by atoms with Gasteiger partial charge in [0.05, 0.1) is 6.61 Å². The zero-order chi connectivity index (χ0) is 11.6. The van der Waals surface area contributed by atoms with E-state index in [9.17, 15) is 0 Å². The summed E-state index contributed by atoms with van der Waals surface area (Å²) < 4.78 is 5.47. The fourth-order valence-electron chi connectivity index (χ4n) is 1.32. The van der Waals surface area contributed by atoms with Crippen molar-refractivity contribution in [3.05, 3.63) is 24.3 Å². The van der Waals surface area contributed by atoms with E-state index in [1.54, 1.807) is 11.8 Å². The monoisotopic (exact) mass is 239 g/mol. The Balaban J connectivity index is 2.12. The van der Waals surface area contributed by atoms with E-state index < -0.39 is 0 Å². The molecule has 0 bridgehead atoms.